The second kappa shape index (κ2) is 31.8. The van der Waals surface area contributed by atoms with Crippen molar-refractivity contribution >= 4 is 16.1 Å². The molecule has 2 aliphatic rings. The second-order valence-electron chi connectivity index (χ2n) is 25.8. The Bertz CT molecular complexity index is 3320. The fourth-order valence-corrected chi connectivity index (χ4v) is 23.3. The fraction of sp³-hybridized carbons (Fsp3) is 0.468. The zero-order valence-electron chi connectivity index (χ0n) is 55.6. The van der Waals surface area contributed by atoms with Gasteiger partial charge in [-0.1, -0.05) is 156 Å². The Morgan fingerprint density at radius 1 is 0.368 bits per heavy atom. The molecule has 2 atom stereocenters. The lowest BCUT2D eigenvalue weighted by Gasteiger charge is -2.38. The summed E-state index contributed by atoms with van der Waals surface area (Å²) in [5.41, 5.74) is 22.6. The van der Waals surface area contributed by atoms with Gasteiger partial charge in [0.05, 0.1) is 48.7 Å². The molecule has 456 valence electrons. The van der Waals surface area contributed by atoms with Crippen LogP contribution in [0.1, 0.15) is 221 Å². The van der Waals surface area contributed by atoms with Gasteiger partial charge in [-0.2, -0.15) is 0 Å². The highest BCUT2D eigenvalue weighted by atomic mass is 28.3. The van der Waals surface area contributed by atoms with Crippen LogP contribution >= 0.6 is 0 Å². The summed E-state index contributed by atoms with van der Waals surface area (Å²) in [5.74, 6) is 37.7. The Labute approximate surface area is 527 Å². The highest BCUT2D eigenvalue weighted by molar-refractivity contribution is 6.91. The van der Waals surface area contributed by atoms with E-state index >= 15 is 0 Å². The summed E-state index contributed by atoms with van der Waals surface area (Å²) in [6.45, 7) is 41.1. The zero-order valence-corrected chi connectivity index (χ0v) is 57.6. The molecule has 0 N–H and O–H groups in total. The van der Waals surface area contributed by atoms with Crippen molar-refractivity contribution in [3.63, 3.8) is 0 Å². The minimum atomic E-state index is -1.93. The molecule has 8 heteroatoms. The molecule has 2 unspecified atom stereocenters. The first-order chi connectivity index (χ1) is 41.6. The standard InChI is InChI=1S/C79H96O6Si2/c1-18-36-80-74-51-72(32-28-66-44-62(16)46-68(49-66)34-40-86(55(3)4,56(5)6)57(7)8)76(84-78-24-20-22-38-82-78)53-70(74)30-26-64-42-61(15)43-65(48-64)27-31-71-54-77(85-79-25-21-23-39-83-79)73(52-75(71)81-37-19-2)33-29-67-45-63(17)47-69(50-67)35-41-87(58(9)10,59(11)12)60(13)14/h42-60,78-79H,18-25,36-39H2,1-17H3. The molecule has 87 heavy (non-hydrogen) atoms. The van der Waals surface area contributed by atoms with Crippen LogP contribution in [0.2, 0.25) is 33.2 Å². The Balaban J connectivity index is 1.26. The molecule has 5 aromatic rings. The van der Waals surface area contributed by atoms with E-state index < -0.39 is 28.7 Å². The smallest absolute Gasteiger partial charge is 0.199 e. The third-order valence-corrected chi connectivity index (χ3v) is 29.6. The van der Waals surface area contributed by atoms with Crippen molar-refractivity contribution in [2.45, 2.75) is 215 Å². The van der Waals surface area contributed by atoms with Gasteiger partial charge in [0.25, 0.3) is 0 Å². The Morgan fingerprint density at radius 2 is 0.644 bits per heavy atom. The van der Waals surface area contributed by atoms with E-state index in [0.717, 1.165) is 101 Å². The van der Waals surface area contributed by atoms with E-state index in [0.29, 0.717) is 105 Å². The van der Waals surface area contributed by atoms with Crippen molar-refractivity contribution in [1.82, 2.24) is 0 Å². The molecular weight excluding hydrogens is 1100 g/mol. The van der Waals surface area contributed by atoms with Gasteiger partial charge in [0.2, 0.25) is 0 Å². The maximum Gasteiger partial charge on any atom is 0.199 e. The minimum absolute atomic E-state index is 0.391. The fourth-order valence-electron chi connectivity index (χ4n) is 12.8. The summed E-state index contributed by atoms with van der Waals surface area (Å²) in [4.78, 5) is 0. The van der Waals surface area contributed by atoms with Crippen LogP contribution in [0.15, 0.2) is 78.9 Å². The lowest BCUT2D eigenvalue weighted by atomic mass is 10.0. The lowest BCUT2D eigenvalue weighted by Crippen LogP contribution is -2.43. The Kier molecular flexibility index (Phi) is 24.7. The van der Waals surface area contributed by atoms with Crippen LogP contribution in [0, 0.1) is 91.1 Å². The molecule has 0 saturated carbocycles. The number of hydrogen-bond acceptors (Lipinski definition) is 6. The van der Waals surface area contributed by atoms with Gasteiger partial charge in [-0.15, -0.1) is 11.1 Å². The van der Waals surface area contributed by atoms with E-state index in [2.05, 4.69) is 237 Å². The first-order valence-corrected chi connectivity index (χ1v) is 36.8. The van der Waals surface area contributed by atoms with E-state index in [4.69, 9.17) is 28.4 Å². The van der Waals surface area contributed by atoms with Gasteiger partial charge < -0.3 is 28.4 Å². The predicted molar refractivity (Wildman–Crippen MR) is 366 cm³/mol. The Morgan fingerprint density at radius 3 is 0.908 bits per heavy atom. The van der Waals surface area contributed by atoms with E-state index in [-0.39, 0.29) is 0 Å². The van der Waals surface area contributed by atoms with Gasteiger partial charge >= 0.3 is 0 Å². The van der Waals surface area contributed by atoms with Crippen molar-refractivity contribution in [2.24, 2.45) is 0 Å². The quantitative estimate of drug-likeness (QED) is 0.0725. The average Bonchev–Trinajstić information content (AvgIpc) is 1.71. The number of rotatable bonds is 16. The van der Waals surface area contributed by atoms with Crippen LogP contribution in [-0.4, -0.2) is 55.2 Å². The topological polar surface area (TPSA) is 55.4 Å². The molecule has 0 spiro atoms. The monoisotopic (exact) mass is 1200 g/mol. The summed E-state index contributed by atoms with van der Waals surface area (Å²) >= 11 is 0. The molecule has 0 aliphatic carbocycles. The molecule has 0 radical (unpaired) electrons. The van der Waals surface area contributed by atoms with Gasteiger partial charge in [0.15, 0.2) is 12.6 Å². The maximum atomic E-state index is 6.68. The van der Waals surface area contributed by atoms with Gasteiger partial charge in [-0.05, 0) is 164 Å². The molecule has 7 rings (SSSR count). The maximum absolute atomic E-state index is 6.68. The van der Waals surface area contributed by atoms with Crippen molar-refractivity contribution in [1.29, 1.82) is 0 Å². The third kappa shape index (κ3) is 18.1. The first-order valence-electron chi connectivity index (χ1n) is 32.3. The number of hydrogen-bond donors (Lipinski definition) is 0. The largest absolute Gasteiger partial charge is 0.492 e. The molecule has 2 aliphatic heterocycles. The van der Waals surface area contributed by atoms with Crippen LogP contribution in [-0.2, 0) is 9.47 Å². The molecule has 6 nitrogen and oxygen atoms in total. The highest BCUT2D eigenvalue weighted by Gasteiger charge is 2.43. The van der Waals surface area contributed by atoms with Crippen LogP contribution in [0.4, 0.5) is 0 Å². The summed E-state index contributed by atoms with van der Waals surface area (Å²) in [6, 6.07) is 26.9. The van der Waals surface area contributed by atoms with Gasteiger partial charge in [-0.25, -0.2) is 0 Å². The van der Waals surface area contributed by atoms with Crippen LogP contribution in [0.25, 0.3) is 0 Å². The normalized spacial score (nSPS) is 15.0. The molecule has 2 saturated heterocycles. The summed E-state index contributed by atoms with van der Waals surface area (Å²) < 4.78 is 38.5. The van der Waals surface area contributed by atoms with Crippen molar-refractivity contribution in [3.05, 3.63) is 151 Å². The van der Waals surface area contributed by atoms with Crippen LogP contribution < -0.4 is 18.9 Å². The molecule has 2 heterocycles. The summed E-state index contributed by atoms with van der Waals surface area (Å²) in [6.07, 6.45) is 6.53. The van der Waals surface area contributed by atoms with Gasteiger partial charge in [-0.3, -0.25) is 0 Å². The third-order valence-electron chi connectivity index (χ3n) is 17.1. The molecular formula is C79H96O6Si2. The van der Waals surface area contributed by atoms with E-state index in [9.17, 15) is 0 Å². The number of benzene rings is 5. The average molecular weight is 1200 g/mol. The predicted octanol–water partition coefficient (Wildman–Crippen LogP) is 18.7. The first kappa shape index (κ1) is 67.5. The van der Waals surface area contributed by atoms with Gasteiger partial charge in [0, 0.05) is 70.5 Å². The number of ether oxygens (including phenoxy) is 6. The van der Waals surface area contributed by atoms with E-state index in [1.807, 2.05) is 30.3 Å². The molecule has 0 amide bonds. The van der Waals surface area contributed by atoms with Crippen molar-refractivity contribution in [3.8, 4) is 93.3 Å². The van der Waals surface area contributed by atoms with Crippen LogP contribution in [0.3, 0.4) is 0 Å². The zero-order chi connectivity index (χ0) is 62.8. The highest BCUT2D eigenvalue weighted by Crippen LogP contribution is 2.42. The van der Waals surface area contributed by atoms with E-state index in [1.54, 1.807) is 0 Å². The molecule has 0 aromatic heterocycles. The van der Waals surface area contributed by atoms with Crippen molar-refractivity contribution in [2.75, 3.05) is 26.4 Å². The Hall–Kier alpha value is -6.99. The molecule has 2 fully saturated rings. The van der Waals surface area contributed by atoms with Gasteiger partial charge in [0.1, 0.15) is 39.1 Å². The van der Waals surface area contributed by atoms with E-state index in [1.165, 1.54) is 0 Å². The molecule has 0 bridgehead atoms. The number of aryl methyl sites for hydroxylation is 3. The summed E-state index contributed by atoms with van der Waals surface area (Å²) in [7, 11) is -3.86. The second-order valence-corrected chi connectivity index (χ2v) is 36.9. The molecule has 5 aromatic carbocycles. The van der Waals surface area contributed by atoms with Crippen molar-refractivity contribution < 1.29 is 28.4 Å². The lowest BCUT2D eigenvalue weighted by molar-refractivity contribution is -0.106. The SMILES string of the molecule is CCCOc1cc(C#Cc2cc(C)cc(C#C[Si](C(C)C)(C(C)C)C(C)C)c2)c(OC2CCCCO2)cc1C#Cc1cc(C)cc(C#Cc2cc(OC3CCCCO3)c(C#Cc3cc(C)cc(C#C[Si](C(C)C)(C(C)C)C(C)C)c3)cc2OCCC)c1. The summed E-state index contributed by atoms with van der Waals surface area (Å²) in [5, 5.41) is 0. The minimum Gasteiger partial charge on any atom is -0.492 e. The van der Waals surface area contributed by atoms with Crippen LogP contribution in [0.5, 0.6) is 23.0 Å².